The van der Waals surface area contributed by atoms with Crippen molar-refractivity contribution in [1.82, 2.24) is 10.3 Å². The summed E-state index contributed by atoms with van der Waals surface area (Å²) in [6.45, 7) is 1.96. The molecule has 0 radical (unpaired) electrons. The Morgan fingerprint density at radius 3 is 3.00 bits per heavy atom. The van der Waals surface area contributed by atoms with E-state index in [1.54, 1.807) is 0 Å². The number of aromatic nitrogens is 1. The van der Waals surface area contributed by atoms with Crippen molar-refractivity contribution in [2.45, 2.75) is 25.8 Å². The second-order valence-corrected chi connectivity index (χ2v) is 4.08. The monoisotopic (exact) mass is 223 g/mol. The van der Waals surface area contributed by atoms with Crippen LogP contribution in [0.2, 0.25) is 0 Å². The van der Waals surface area contributed by atoms with Gasteiger partial charge in [0, 0.05) is 12.2 Å². The Morgan fingerprint density at radius 2 is 2.38 bits per heavy atom. The van der Waals surface area contributed by atoms with Gasteiger partial charge in [-0.2, -0.15) is 0 Å². The summed E-state index contributed by atoms with van der Waals surface area (Å²) in [6.07, 6.45) is 4.82. The Bertz CT molecular complexity index is 393. The number of nitrogens with one attached hydrogen (secondary N) is 2. The van der Waals surface area contributed by atoms with E-state index < -0.39 is 5.82 Å². The quantitative estimate of drug-likeness (QED) is 0.824. The zero-order valence-electron chi connectivity index (χ0n) is 9.03. The highest BCUT2D eigenvalue weighted by Gasteiger charge is 2.28. The van der Waals surface area contributed by atoms with E-state index in [9.17, 15) is 9.18 Å². The van der Waals surface area contributed by atoms with Gasteiger partial charge in [0.15, 0.2) is 5.82 Å². The van der Waals surface area contributed by atoms with Crippen molar-refractivity contribution in [2.24, 2.45) is 5.92 Å². The molecule has 1 saturated carbocycles. The molecule has 1 fully saturated rings. The number of carbonyl (C=O) groups is 1. The minimum atomic E-state index is -0.531. The molecule has 2 amide bonds. The number of halogens is 1. The number of anilines is 1. The lowest BCUT2D eigenvalue weighted by Gasteiger charge is -2.13. The van der Waals surface area contributed by atoms with Crippen molar-refractivity contribution in [3.8, 4) is 0 Å². The first-order chi connectivity index (χ1) is 7.66. The van der Waals surface area contributed by atoms with Crippen molar-refractivity contribution >= 4 is 11.7 Å². The maximum Gasteiger partial charge on any atom is 0.319 e. The van der Waals surface area contributed by atoms with Gasteiger partial charge in [-0.1, -0.05) is 0 Å². The van der Waals surface area contributed by atoms with Crippen LogP contribution in [0.3, 0.4) is 0 Å². The van der Waals surface area contributed by atoms with Crippen molar-refractivity contribution in [3.63, 3.8) is 0 Å². The van der Waals surface area contributed by atoms with E-state index in [1.165, 1.54) is 12.3 Å². The number of pyridine rings is 1. The number of urea groups is 1. The number of amides is 2. The highest BCUT2D eigenvalue weighted by molar-refractivity contribution is 5.89. The third-order valence-electron chi connectivity index (χ3n) is 2.71. The SMILES string of the molecule is CC(NC(=O)Nc1ccncc1F)C1CC1. The molecule has 5 heteroatoms. The van der Waals surface area contributed by atoms with Crippen molar-refractivity contribution in [1.29, 1.82) is 0 Å². The molecule has 0 bridgehead atoms. The maximum absolute atomic E-state index is 13.2. The summed E-state index contributed by atoms with van der Waals surface area (Å²) in [5, 5.41) is 5.24. The van der Waals surface area contributed by atoms with Crippen LogP contribution in [-0.4, -0.2) is 17.1 Å². The molecule has 1 aromatic rings. The van der Waals surface area contributed by atoms with Crippen LogP contribution < -0.4 is 10.6 Å². The number of nitrogens with zero attached hydrogens (tertiary/aromatic N) is 1. The summed E-state index contributed by atoms with van der Waals surface area (Å²) in [4.78, 5) is 15.1. The van der Waals surface area contributed by atoms with Crippen LogP contribution in [0.5, 0.6) is 0 Å². The Labute approximate surface area is 93.3 Å². The highest BCUT2D eigenvalue weighted by Crippen LogP contribution is 2.32. The molecule has 0 aromatic carbocycles. The third-order valence-corrected chi connectivity index (χ3v) is 2.71. The number of carbonyl (C=O) groups excluding carboxylic acids is 1. The van der Waals surface area contributed by atoms with Crippen LogP contribution in [0.4, 0.5) is 14.9 Å². The Balaban J connectivity index is 1.89. The first-order valence-corrected chi connectivity index (χ1v) is 5.34. The molecule has 16 heavy (non-hydrogen) atoms. The Kier molecular flexibility index (Phi) is 3.03. The molecule has 1 unspecified atom stereocenters. The Hall–Kier alpha value is -1.65. The van der Waals surface area contributed by atoms with Crippen LogP contribution in [0.25, 0.3) is 0 Å². The standard InChI is InChI=1S/C11H14FN3O/c1-7(8-2-3-8)14-11(16)15-10-4-5-13-6-9(10)12/h4-8H,2-3H2,1H3,(H2,13,14,15,16). The van der Waals surface area contributed by atoms with Gasteiger partial charge in [-0.05, 0) is 31.7 Å². The minimum absolute atomic E-state index is 0.143. The summed E-state index contributed by atoms with van der Waals surface area (Å²) in [7, 11) is 0. The average Bonchev–Trinajstić information content (AvgIpc) is 3.04. The van der Waals surface area contributed by atoms with Crippen LogP contribution >= 0.6 is 0 Å². The van der Waals surface area contributed by atoms with Gasteiger partial charge in [-0.15, -0.1) is 0 Å². The van der Waals surface area contributed by atoms with Crippen LogP contribution in [0.1, 0.15) is 19.8 Å². The van der Waals surface area contributed by atoms with E-state index in [0.29, 0.717) is 5.92 Å². The van der Waals surface area contributed by atoms with E-state index in [0.717, 1.165) is 19.0 Å². The predicted molar refractivity (Wildman–Crippen MR) is 58.5 cm³/mol. The fourth-order valence-electron chi connectivity index (χ4n) is 1.56. The maximum atomic E-state index is 13.2. The predicted octanol–water partition coefficient (Wildman–Crippen LogP) is 2.14. The van der Waals surface area contributed by atoms with E-state index >= 15 is 0 Å². The summed E-state index contributed by atoms with van der Waals surface area (Å²) in [5.74, 6) is 0.0461. The summed E-state index contributed by atoms with van der Waals surface area (Å²) in [5.41, 5.74) is 0.149. The first-order valence-electron chi connectivity index (χ1n) is 5.34. The largest absolute Gasteiger partial charge is 0.335 e. The van der Waals surface area contributed by atoms with Gasteiger partial charge in [0.2, 0.25) is 0 Å². The topological polar surface area (TPSA) is 54.0 Å². The number of hydrogen-bond acceptors (Lipinski definition) is 2. The zero-order valence-corrected chi connectivity index (χ0v) is 9.03. The molecule has 4 nitrogen and oxygen atoms in total. The van der Waals surface area contributed by atoms with Gasteiger partial charge in [-0.25, -0.2) is 9.18 Å². The van der Waals surface area contributed by atoms with Crippen molar-refractivity contribution < 1.29 is 9.18 Å². The molecule has 2 N–H and O–H groups in total. The van der Waals surface area contributed by atoms with Gasteiger partial charge in [0.1, 0.15) is 0 Å². The lowest BCUT2D eigenvalue weighted by molar-refractivity contribution is 0.248. The number of hydrogen-bond donors (Lipinski definition) is 2. The van der Waals surface area contributed by atoms with Gasteiger partial charge in [0.25, 0.3) is 0 Å². The van der Waals surface area contributed by atoms with Crippen LogP contribution in [0, 0.1) is 11.7 Å². The van der Waals surface area contributed by atoms with Gasteiger partial charge < -0.3 is 10.6 Å². The fourth-order valence-corrected chi connectivity index (χ4v) is 1.56. The van der Waals surface area contributed by atoms with Crippen LogP contribution in [-0.2, 0) is 0 Å². The van der Waals surface area contributed by atoms with E-state index in [1.807, 2.05) is 6.92 Å². The average molecular weight is 223 g/mol. The van der Waals surface area contributed by atoms with Gasteiger partial charge >= 0.3 is 6.03 Å². The summed E-state index contributed by atoms with van der Waals surface area (Å²) >= 11 is 0. The summed E-state index contributed by atoms with van der Waals surface area (Å²) in [6, 6.07) is 1.20. The van der Waals surface area contributed by atoms with Crippen molar-refractivity contribution in [2.75, 3.05) is 5.32 Å². The molecule has 0 aliphatic heterocycles. The highest BCUT2D eigenvalue weighted by atomic mass is 19.1. The normalized spacial score (nSPS) is 16.6. The molecule has 1 aliphatic carbocycles. The zero-order chi connectivity index (χ0) is 11.5. The molecule has 0 saturated heterocycles. The molecule has 86 valence electrons. The van der Waals surface area contributed by atoms with E-state index in [4.69, 9.17) is 0 Å². The molecule has 0 spiro atoms. The molecule has 1 aliphatic rings. The number of rotatable bonds is 3. The van der Waals surface area contributed by atoms with Gasteiger partial charge in [-0.3, -0.25) is 4.98 Å². The summed E-state index contributed by atoms with van der Waals surface area (Å²) < 4.78 is 13.2. The molecule has 1 atom stereocenters. The molecule has 2 rings (SSSR count). The lowest BCUT2D eigenvalue weighted by atomic mass is 10.2. The smallest absolute Gasteiger partial charge is 0.319 e. The molecular formula is C11H14FN3O. The minimum Gasteiger partial charge on any atom is -0.335 e. The molecular weight excluding hydrogens is 209 g/mol. The lowest BCUT2D eigenvalue weighted by Crippen LogP contribution is -2.37. The molecule has 1 heterocycles. The van der Waals surface area contributed by atoms with E-state index in [2.05, 4.69) is 15.6 Å². The van der Waals surface area contributed by atoms with Crippen molar-refractivity contribution in [3.05, 3.63) is 24.3 Å². The Morgan fingerprint density at radius 1 is 1.62 bits per heavy atom. The first kappa shape index (κ1) is 10.9. The second-order valence-electron chi connectivity index (χ2n) is 4.08. The van der Waals surface area contributed by atoms with Gasteiger partial charge in [0.05, 0.1) is 11.9 Å². The molecule has 1 aromatic heterocycles. The van der Waals surface area contributed by atoms with E-state index in [-0.39, 0.29) is 17.8 Å². The second kappa shape index (κ2) is 4.47. The third kappa shape index (κ3) is 2.68. The fraction of sp³-hybridized carbons (Fsp3) is 0.455. The van der Waals surface area contributed by atoms with Crippen LogP contribution in [0.15, 0.2) is 18.5 Å².